The molecule has 0 saturated heterocycles. The monoisotopic (exact) mass is 381 g/mol. The molecule has 1 aromatic carbocycles. The lowest BCUT2D eigenvalue weighted by Gasteiger charge is -2.23. The van der Waals surface area contributed by atoms with Gasteiger partial charge in [-0.05, 0) is 68.6 Å². The number of benzene rings is 1. The third-order valence-electron chi connectivity index (χ3n) is 5.03. The van der Waals surface area contributed by atoms with Crippen molar-refractivity contribution in [1.82, 2.24) is 9.88 Å². The van der Waals surface area contributed by atoms with Gasteiger partial charge in [0.2, 0.25) is 0 Å². The topological polar surface area (TPSA) is 86.3 Å². The van der Waals surface area contributed by atoms with Crippen LogP contribution in [0.3, 0.4) is 0 Å². The molecule has 0 radical (unpaired) electrons. The Balaban J connectivity index is 0.00000136. The zero-order valence-corrected chi connectivity index (χ0v) is 16.7. The first-order chi connectivity index (χ1) is 13.7. The van der Waals surface area contributed by atoms with Crippen LogP contribution in [-0.2, 0) is 6.54 Å². The van der Waals surface area contributed by atoms with Crippen molar-refractivity contribution in [2.75, 3.05) is 6.73 Å². The van der Waals surface area contributed by atoms with Gasteiger partial charge in [0, 0.05) is 18.8 Å². The number of nitrogens with one attached hydrogen (secondary N) is 3. The van der Waals surface area contributed by atoms with E-state index < -0.39 is 0 Å². The van der Waals surface area contributed by atoms with E-state index >= 15 is 0 Å². The third-order valence-corrected chi connectivity index (χ3v) is 5.03. The second kappa shape index (κ2) is 11.2. The largest absolute Gasteiger partial charge is 0.476 e. The highest BCUT2D eigenvalue weighted by Gasteiger charge is 2.13. The summed E-state index contributed by atoms with van der Waals surface area (Å²) >= 11 is 0. The number of ether oxygens (including phenoxy) is 1. The van der Waals surface area contributed by atoms with Gasteiger partial charge in [-0.1, -0.05) is 25.3 Å². The normalized spacial score (nSPS) is 14.0. The fourth-order valence-electron chi connectivity index (χ4n) is 3.46. The second-order valence-corrected chi connectivity index (χ2v) is 6.76. The van der Waals surface area contributed by atoms with Gasteiger partial charge in [-0.25, -0.2) is 0 Å². The minimum absolute atomic E-state index is 0.496. The van der Waals surface area contributed by atoms with E-state index in [0.717, 1.165) is 29.1 Å². The van der Waals surface area contributed by atoms with Crippen LogP contribution >= 0.6 is 0 Å². The zero-order chi connectivity index (χ0) is 20.4. The van der Waals surface area contributed by atoms with Crippen LogP contribution in [0.2, 0.25) is 0 Å². The van der Waals surface area contributed by atoms with Gasteiger partial charge in [-0.3, -0.25) is 15.7 Å². The molecule has 0 bridgehead atoms. The van der Waals surface area contributed by atoms with Gasteiger partial charge in [0.25, 0.3) is 0 Å². The Morgan fingerprint density at radius 1 is 1.14 bits per heavy atom. The van der Waals surface area contributed by atoms with Crippen LogP contribution in [0.5, 0.6) is 5.75 Å². The molecule has 1 fully saturated rings. The van der Waals surface area contributed by atoms with E-state index in [4.69, 9.17) is 15.6 Å². The highest BCUT2D eigenvalue weighted by molar-refractivity contribution is 5.70. The molecule has 3 N–H and O–H groups in total. The summed E-state index contributed by atoms with van der Waals surface area (Å²) in [6, 6.07) is 10.3. The van der Waals surface area contributed by atoms with E-state index in [1.54, 1.807) is 0 Å². The smallest absolute Gasteiger partial charge is 0.146 e. The summed E-state index contributed by atoms with van der Waals surface area (Å²) in [6.45, 7) is 9.49. The number of pyridine rings is 1. The van der Waals surface area contributed by atoms with Crippen LogP contribution in [0, 0.1) is 10.8 Å². The van der Waals surface area contributed by atoms with Crippen LogP contribution in [0.4, 0.5) is 5.69 Å². The summed E-state index contributed by atoms with van der Waals surface area (Å²) < 4.78 is 7.82. The number of aryl methyl sites for hydroxylation is 1. The molecule has 28 heavy (non-hydrogen) atoms. The average molecular weight is 382 g/mol. The molecule has 1 saturated carbocycles. The number of nitrogens with zero attached hydrogens (tertiary/aromatic N) is 2. The molecule has 1 aromatic heterocycles. The molecule has 1 heterocycles. The Kier molecular flexibility index (Phi) is 8.62. The number of hydrogen-bond acceptors (Lipinski definition) is 5. The Bertz CT molecular complexity index is 824. The highest BCUT2D eigenvalue weighted by atomic mass is 16.5. The first-order valence-corrected chi connectivity index (χ1v) is 9.79. The van der Waals surface area contributed by atoms with Gasteiger partial charge in [0.15, 0.2) is 0 Å². The van der Waals surface area contributed by atoms with Crippen molar-refractivity contribution in [3.05, 3.63) is 42.0 Å². The van der Waals surface area contributed by atoms with E-state index in [0.29, 0.717) is 18.3 Å². The molecule has 1 aliphatic rings. The SMILES string of the molecule is C=N.C=Nc1cc(-c2ccc(=N)n(CC)c2)ccc1OCNC1CCCCC1. The Labute approximate surface area is 167 Å². The maximum absolute atomic E-state index is 7.91. The van der Waals surface area contributed by atoms with Crippen molar-refractivity contribution in [1.29, 1.82) is 10.8 Å². The van der Waals surface area contributed by atoms with E-state index in [9.17, 15) is 0 Å². The summed E-state index contributed by atoms with van der Waals surface area (Å²) in [7, 11) is 0. The molecule has 6 nitrogen and oxygen atoms in total. The van der Waals surface area contributed by atoms with Gasteiger partial charge < -0.3 is 14.7 Å². The molecule has 1 aliphatic carbocycles. The summed E-state index contributed by atoms with van der Waals surface area (Å²) in [4.78, 5) is 4.14. The van der Waals surface area contributed by atoms with Gasteiger partial charge in [0.05, 0.1) is 0 Å². The Hall–Kier alpha value is -2.73. The first-order valence-electron chi connectivity index (χ1n) is 9.79. The summed E-state index contributed by atoms with van der Waals surface area (Å²) in [5.74, 6) is 0.743. The number of rotatable bonds is 7. The maximum atomic E-state index is 7.91. The first kappa shape index (κ1) is 21.6. The van der Waals surface area contributed by atoms with Crippen LogP contribution in [0.1, 0.15) is 39.0 Å². The van der Waals surface area contributed by atoms with E-state index in [-0.39, 0.29) is 0 Å². The molecule has 6 heteroatoms. The minimum atomic E-state index is 0.496. The van der Waals surface area contributed by atoms with Crippen LogP contribution in [0.25, 0.3) is 11.1 Å². The highest BCUT2D eigenvalue weighted by Crippen LogP contribution is 2.32. The molecule has 0 unspecified atom stereocenters. The summed E-state index contributed by atoms with van der Waals surface area (Å²) in [5, 5.41) is 16.9. The fraction of sp³-hybridized carbons (Fsp3) is 0.409. The van der Waals surface area contributed by atoms with Gasteiger partial charge >= 0.3 is 0 Å². The predicted molar refractivity (Wildman–Crippen MR) is 116 cm³/mol. The molecule has 0 amide bonds. The number of hydrogen-bond donors (Lipinski definition) is 3. The number of aliphatic imine (C=N–C) groups is 1. The standard InChI is InChI=1S/C21H28N4O.CH3N/c1-3-25-14-17(10-12-21(25)22)16-9-11-20(19(13-16)23-2)26-15-24-18-7-5-4-6-8-18;1-2/h9-14,18,22,24H,2-8,15H2,1H3;2H,1H2. The molecule has 3 rings (SSSR count). The van der Waals surface area contributed by atoms with Crippen LogP contribution < -0.4 is 15.5 Å². The van der Waals surface area contributed by atoms with E-state index in [1.807, 2.05) is 48.0 Å². The van der Waals surface area contributed by atoms with Crippen molar-refractivity contribution in [3.8, 4) is 16.9 Å². The molecular weight excluding hydrogens is 350 g/mol. The lowest BCUT2D eigenvalue weighted by atomic mass is 9.96. The molecule has 0 spiro atoms. The average Bonchev–Trinajstić information content (AvgIpc) is 2.76. The number of aromatic nitrogens is 1. The van der Waals surface area contributed by atoms with Gasteiger partial charge in [0.1, 0.15) is 23.7 Å². The Morgan fingerprint density at radius 2 is 1.86 bits per heavy atom. The van der Waals surface area contributed by atoms with Crippen molar-refractivity contribution < 1.29 is 4.74 Å². The predicted octanol–water partition coefficient (Wildman–Crippen LogP) is 4.51. The summed E-state index contributed by atoms with van der Waals surface area (Å²) in [5.41, 5.74) is 3.35. The zero-order valence-electron chi connectivity index (χ0n) is 16.7. The fourth-order valence-corrected chi connectivity index (χ4v) is 3.46. The molecule has 0 aliphatic heterocycles. The van der Waals surface area contributed by atoms with Crippen molar-refractivity contribution >= 4 is 19.1 Å². The Morgan fingerprint density at radius 3 is 2.54 bits per heavy atom. The molecule has 150 valence electrons. The molecule has 2 aromatic rings. The molecular formula is C22H31N5O. The van der Waals surface area contributed by atoms with Crippen LogP contribution in [0.15, 0.2) is 41.5 Å². The second-order valence-electron chi connectivity index (χ2n) is 6.76. The van der Waals surface area contributed by atoms with Crippen molar-refractivity contribution in [3.63, 3.8) is 0 Å². The lowest BCUT2D eigenvalue weighted by molar-refractivity contribution is 0.241. The maximum Gasteiger partial charge on any atom is 0.146 e. The van der Waals surface area contributed by atoms with Crippen molar-refractivity contribution in [2.45, 2.75) is 51.6 Å². The van der Waals surface area contributed by atoms with E-state index in [2.05, 4.69) is 23.7 Å². The minimum Gasteiger partial charge on any atom is -0.476 e. The van der Waals surface area contributed by atoms with Crippen LogP contribution in [-0.4, -0.2) is 30.8 Å². The van der Waals surface area contributed by atoms with Gasteiger partial charge in [-0.15, -0.1) is 0 Å². The third kappa shape index (κ3) is 5.63. The molecule has 0 atom stereocenters. The van der Waals surface area contributed by atoms with E-state index in [1.165, 1.54) is 32.1 Å². The lowest BCUT2D eigenvalue weighted by Crippen LogP contribution is -2.33. The van der Waals surface area contributed by atoms with Crippen molar-refractivity contribution in [2.24, 2.45) is 4.99 Å². The van der Waals surface area contributed by atoms with Gasteiger partial charge in [-0.2, -0.15) is 0 Å². The quantitative estimate of drug-likeness (QED) is 0.487. The summed E-state index contributed by atoms with van der Waals surface area (Å²) in [6.07, 6.45) is 8.43.